The highest BCUT2D eigenvalue weighted by Gasteiger charge is 2.05. The van der Waals surface area contributed by atoms with Crippen LogP contribution in [0.25, 0.3) is 0 Å². The molecule has 0 aromatic rings. The molecule has 0 aromatic carbocycles. The number of ether oxygens (including phenoxy) is 3. The summed E-state index contributed by atoms with van der Waals surface area (Å²) in [4.78, 5) is 21.4. The molecule has 0 aromatic heterocycles. The number of hydrogen-bond donors (Lipinski definition) is 0. The lowest BCUT2D eigenvalue weighted by Crippen LogP contribution is -2.18. The predicted molar refractivity (Wildman–Crippen MR) is 44.1 cm³/mol. The molecule has 13 heavy (non-hydrogen) atoms. The summed E-state index contributed by atoms with van der Waals surface area (Å²) in [5.74, 6) is -0.960. The summed E-state index contributed by atoms with van der Waals surface area (Å²) in [6, 6.07) is 0. The molecule has 0 saturated heterocycles. The zero-order valence-corrected chi connectivity index (χ0v) is 7.87. The number of rotatable bonds is 6. The fourth-order valence-corrected chi connectivity index (χ4v) is 0.623. The van der Waals surface area contributed by atoms with E-state index in [1.165, 1.54) is 0 Å². The molecule has 0 aliphatic carbocycles. The van der Waals surface area contributed by atoms with E-state index in [9.17, 15) is 9.59 Å². The Hall–Kier alpha value is -1.10. The van der Waals surface area contributed by atoms with Gasteiger partial charge in [-0.15, -0.1) is 0 Å². The van der Waals surface area contributed by atoms with Crippen LogP contribution in [0.4, 0.5) is 0 Å². The molecule has 0 heterocycles. The molecule has 76 valence electrons. The summed E-state index contributed by atoms with van der Waals surface area (Å²) in [7, 11) is 0. The maximum atomic E-state index is 10.7. The normalized spacial score (nSPS) is 9.38. The van der Waals surface area contributed by atoms with Gasteiger partial charge in [-0.2, -0.15) is 0 Å². The van der Waals surface area contributed by atoms with Crippen molar-refractivity contribution in [3.05, 3.63) is 0 Å². The summed E-state index contributed by atoms with van der Waals surface area (Å²) in [6.07, 6.45) is 0. The second-order valence-corrected chi connectivity index (χ2v) is 2.10. The number of hydrogen-bond acceptors (Lipinski definition) is 5. The molecule has 0 amide bonds. The molecule has 5 nitrogen and oxygen atoms in total. The van der Waals surface area contributed by atoms with E-state index in [2.05, 4.69) is 9.47 Å². The zero-order chi connectivity index (χ0) is 10.1. The van der Waals surface area contributed by atoms with Crippen LogP contribution in [0.2, 0.25) is 0 Å². The van der Waals surface area contributed by atoms with Crippen LogP contribution in [0.1, 0.15) is 13.8 Å². The number of esters is 2. The van der Waals surface area contributed by atoms with Gasteiger partial charge in [0.1, 0.15) is 13.2 Å². The second kappa shape index (κ2) is 7.54. The summed E-state index contributed by atoms with van der Waals surface area (Å²) in [5.41, 5.74) is 0. The van der Waals surface area contributed by atoms with Gasteiger partial charge in [-0.3, -0.25) is 0 Å². The van der Waals surface area contributed by atoms with Gasteiger partial charge in [0.15, 0.2) is 0 Å². The summed E-state index contributed by atoms with van der Waals surface area (Å²) >= 11 is 0. The Morgan fingerprint density at radius 2 is 1.31 bits per heavy atom. The second-order valence-electron chi connectivity index (χ2n) is 2.10. The Morgan fingerprint density at radius 1 is 0.923 bits per heavy atom. The van der Waals surface area contributed by atoms with Crippen LogP contribution in [-0.4, -0.2) is 38.4 Å². The van der Waals surface area contributed by atoms with Crippen molar-refractivity contribution in [3.63, 3.8) is 0 Å². The first kappa shape index (κ1) is 11.9. The summed E-state index contributed by atoms with van der Waals surface area (Å²) < 4.78 is 13.8. The lowest BCUT2D eigenvalue weighted by atomic mass is 10.6. The van der Waals surface area contributed by atoms with E-state index in [4.69, 9.17) is 4.74 Å². The van der Waals surface area contributed by atoms with Crippen molar-refractivity contribution in [3.8, 4) is 0 Å². The quantitative estimate of drug-likeness (QED) is 0.557. The van der Waals surface area contributed by atoms with Crippen LogP contribution in [0.3, 0.4) is 0 Å². The molecule has 0 unspecified atom stereocenters. The zero-order valence-electron chi connectivity index (χ0n) is 7.87. The van der Waals surface area contributed by atoms with Gasteiger partial charge in [0.05, 0.1) is 13.2 Å². The van der Waals surface area contributed by atoms with Gasteiger partial charge in [0.2, 0.25) is 0 Å². The van der Waals surface area contributed by atoms with Crippen LogP contribution in [0.5, 0.6) is 0 Å². The van der Waals surface area contributed by atoms with Gasteiger partial charge in [0, 0.05) is 0 Å². The minimum atomic E-state index is -0.480. The Balaban J connectivity index is 3.33. The van der Waals surface area contributed by atoms with Crippen molar-refractivity contribution < 1.29 is 23.8 Å². The molecular weight excluding hydrogens is 176 g/mol. The maximum absolute atomic E-state index is 10.7. The van der Waals surface area contributed by atoms with Crippen LogP contribution < -0.4 is 0 Å². The van der Waals surface area contributed by atoms with Gasteiger partial charge in [-0.05, 0) is 13.8 Å². The molecule has 0 N–H and O–H groups in total. The molecule has 0 atom stereocenters. The van der Waals surface area contributed by atoms with Crippen molar-refractivity contribution in [2.45, 2.75) is 13.8 Å². The molecule has 0 aliphatic rings. The van der Waals surface area contributed by atoms with E-state index >= 15 is 0 Å². The topological polar surface area (TPSA) is 61.8 Å². The number of carbonyl (C=O) groups excluding carboxylic acids is 2. The third kappa shape index (κ3) is 7.27. The van der Waals surface area contributed by atoms with Crippen molar-refractivity contribution >= 4 is 11.9 Å². The molecule has 0 spiro atoms. The third-order valence-corrected chi connectivity index (χ3v) is 1.05. The first-order chi connectivity index (χ1) is 6.20. The van der Waals surface area contributed by atoms with E-state index in [1.54, 1.807) is 13.8 Å². The van der Waals surface area contributed by atoms with E-state index in [-0.39, 0.29) is 13.2 Å². The fourth-order valence-electron chi connectivity index (χ4n) is 0.623. The molecule has 0 bridgehead atoms. The molecule has 0 fully saturated rings. The van der Waals surface area contributed by atoms with Gasteiger partial charge in [-0.1, -0.05) is 0 Å². The Kier molecular flexibility index (Phi) is 6.91. The summed E-state index contributed by atoms with van der Waals surface area (Å²) in [5, 5.41) is 0. The Morgan fingerprint density at radius 3 is 1.62 bits per heavy atom. The average molecular weight is 190 g/mol. The summed E-state index contributed by atoms with van der Waals surface area (Å²) in [6.45, 7) is 3.58. The molecule has 0 aliphatic heterocycles. The number of carbonyl (C=O) groups is 2. The molecule has 5 heteroatoms. The molecular formula is C8H14O5. The third-order valence-electron chi connectivity index (χ3n) is 1.05. The standard InChI is InChI=1S/C8H14O5/c1-3-12-7(9)5-11-6-8(10)13-4-2/h3-6H2,1-2H3. The van der Waals surface area contributed by atoms with E-state index < -0.39 is 11.9 Å². The van der Waals surface area contributed by atoms with Crippen molar-refractivity contribution in [1.29, 1.82) is 0 Å². The Labute approximate surface area is 77.0 Å². The van der Waals surface area contributed by atoms with Crippen LogP contribution in [-0.2, 0) is 23.8 Å². The molecule has 0 radical (unpaired) electrons. The van der Waals surface area contributed by atoms with Gasteiger partial charge >= 0.3 is 11.9 Å². The van der Waals surface area contributed by atoms with Gasteiger partial charge in [-0.25, -0.2) is 9.59 Å². The average Bonchev–Trinajstić information content (AvgIpc) is 2.05. The first-order valence-electron chi connectivity index (χ1n) is 4.09. The minimum absolute atomic E-state index is 0.216. The fraction of sp³-hybridized carbons (Fsp3) is 0.750. The smallest absolute Gasteiger partial charge is 0.332 e. The highest BCUT2D eigenvalue weighted by Crippen LogP contribution is 1.84. The predicted octanol–water partition coefficient (Wildman–Crippen LogP) is 0.129. The van der Waals surface area contributed by atoms with Crippen LogP contribution >= 0.6 is 0 Å². The van der Waals surface area contributed by atoms with E-state index in [1.807, 2.05) is 0 Å². The van der Waals surface area contributed by atoms with Gasteiger partial charge < -0.3 is 14.2 Å². The van der Waals surface area contributed by atoms with Crippen LogP contribution in [0.15, 0.2) is 0 Å². The SMILES string of the molecule is CCOC(=O)COCC(=O)OCC. The highest BCUT2D eigenvalue weighted by atomic mass is 16.6. The van der Waals surface area contributed by atoms with Crippen molar-refractivity contribution in [2.24, 2.45) is 0 Å². The van der Waals surface area contributed by atoms with Crippen molar-refractivity contribution in [2.75, 3.05) is 26.4 Å². The lowest BCUT2D eigenvalue weighted by Gasteiger charge is -2.03. The lowest BCUT2D eigenvalue weighted by molar-refractivity contribution is -0.154. The van der Waals surface area contributed by atoms with E-state index in [0.29, 0.717) is 13.2 Å². The van der Waals surface area contributed by atoms with Crippen LogP contribution in [0, 0.1) is 0 Å². The van der Waals surface area contributed by atoms with Crippen molar-refractivity contribution in [1.82, 2.24) is 0 Å². The maximum Gasteiger partial charge on any atom is 0.332 e. The minimum Gasteiger partial charge on any atom is -0.464 e. The van der Waals surface area contributed by atoms with E-state index in [0.717, 1.165) is 0 Å². The van der Waals surface area contributed by atoms with Gasteiger partial charge in [0.25, 0.3) is 0 Å². The monoisotopic (exact) mass is 190 g/mol. The highest BCUT2D eigenvalue weighted by molar-refractivity contribution is 5.73. The molecule has 0 rings (SSSR count). The Bertz CT molecular complexity index is 148. The first-order valence-corrected chi connectivity index (χ1v) is 4.09. The molecule has 0 saturated carbocycles. The largest absolute Gasteiger partial charge is 0.464 e.